The van der Waals surface area contributed by atoms with Crippen molar-refractivity contribution in [2.45, 2.75) is 6.54 Å². The Balaban J connectivity index is 1.31. The second-order valence-corrected chi connectivity index (χ2v) is 10.1. The molecule has 0 saturated heterocycles. The number of hydrogen-bond acceptors (Lipinski definition) is 6. The molecule has 3 aromatic heterocycles. The van der Waals surface area contributed by atoms with Crippen molar-refractivity contribution >= 4 is 50.6 Å². The molecule has 0 fully saturated rings. The van der Waals surface area contributed by atoms with Gasteiger partial charge >= 0.3 is 0 Å². The Hall–Kier alpha value is -6.03. The van der Waals surface area contributed by atoms with Crippen LogP contribution in [0.2, 0.25) is 0 Å². The van der Waals surface area contributed by atoms with Gasteiger partial charge in [-0.15, -0.1) is 0 Å². The Morgan fingerprint density at radius 1 is 0.977 bits per heavy atom. The van der Waals surface area contributed by atoms with Crippen molar-refractivity contribution < 1.29 is 18.3 Å². The predicted octanol–water partition coefficient (Wildman–Crippen LogP) is 6.43. The number of hydrogen-bond donors (Lipinski definition) is 1. The summed E-state index contributed by atoms with van der Waals surface area (Å²) in [5.74, 6) is 0.284. The zero-order valence-electron chi connectivity index (χ0n) is 23.4. The van der Waals surface area contributed by atoms with Gasteiger partial charge in [-0.25, -0.2) is 9.37 Å². The van der Waals surface area contributed by atoms with E-state index in [1.807, 2.05) is 48.5 Å². The molecule has 0 aliphatic heterocycles. The summed E-state index contributed by atoms with van der Waals surface area (Å²) in [6, 6.07) is 27.8. The second kappa shape index (κ2) is 11.0. The first-order valence-electron chi connectivity index (χ1n) is 13.8. The molecule has 10 heteroatoms. The van der Waals surface area contributed by atoms with Crippen molar-refractivity contribution in [3.63, 3.8) is 0 Å². The van der Waals surface area contributed by atoms with Crippen LogP contribution in [0, 0.1) is 5.82 Å². The highest BCUT2D eigenvalue weighted by Gasteiger charge is 2.18. The number of para-hydroxylation sites is 3. The SMILES string of the molecule is COc1cccc2oc(-c3nc4ccccc4c(=O)n3N=Cc3cn(CC(=O)Nc4ccccc4F)c4ccccc34)cc12. The maximum Gasteiger partial charge on any atom is 0.282 e. The fraction of sp³-hybridized carbons (Fsp3) is 0.0588. The summed E-state index contributed by atoms with van der Waals surface area (Å²) < 4.78 is 28.7. The quantitative estimate of drug-likeness (QED) is 0.217. The molecule has 216 valence electrons. The number of nitrogens with zero attached hydrogens (tertiary/aromatic N) is 4. The number of aromatic nitrogens is 3. The van der Waals surface area contributed by atoms with Crippen molar-refractivity contribution in [3.05, 3.63) is 125 Å². The first-order valence-corrected chi connectivity index (χ1v) is 13.8. The second-order valence-electron chi connectivity index (χ2n) is 10.1. The molecular weight excluding hydrogens is 561 g/mol. The minimum absolute atomic E-state index is 0.0633. The van der Waals surface area contributed by atoms with E-state index in [-0.39, 0.29) is 23.6 Å². The number of furan rings is 1. The molecule has 1 amide bonds. The van der Waals surface area contributed by atoms with Crippen molar-refractivity contribution in [2.75, 3.05) is 12.4 Å². The first kappa shape index (κ1) is 26.8. The van der Waals surface area contributed by atoms with Crippen LogP contribution in [-0.4, -0.2) is 33.5 Å². The van der Waals surface area contributed by atoms with Gasteiger partial charge < -0.3 is 19.0 Å². The van der Waals surface area contributed by atoms with Gasteiger partial charge in [0.05, 0.1) is 35.3 Å². The maximum absolute atomic E-state index is 14.1. The van der Waals surface area contributed by atoms with E-state index in [2.05, 4.69) is 10.4 Å². The van der Waals surface area contributed by atoms with Gasteiger partial charge in [-0.2, -0.15) is 9.78 Å². The van der Waals surface area contributed by atoms with Crippen LogP contribution in [-0.2, 0) is 11.3 Å². The molecule has 0 unspecified atom stereocenters. The molecule has 44 heavy (non-hydrogen) atoms. The van der Waals surface area contributed by atoms with Gasteiger partial charge in [0.1, 0.15) is 23.7 Å². The van der Waals surface area contributed by atoms with Gasteiger partial charge in [0.2, 0.25) is 11.7 Å². The van der Waals surface area contributed by atoms with Gasteiger partial charge in [0.25, 0.3) is 5.56 Å². The zero-order valence-corrected chi connectivity index (χ0v) is 23.4. The lowest BCUT2D eigenvalue weighted by molar-refractivity contribution is -0.116. The molecular formula is C34H24FN5O4. The molecule has 0 aliphatic rings. The van der Waals surface area contributed by atoms with Gasteiger partial charge in [0, 0.05) is 22.7 Å². The molecule has 3 heterocycles. The average molecular weight is 586 g/mol. The number of carbonyl (C=O) groups is 1. The van der Waals surface area contributed by atoms with Gasteiger partial charge in [-0.05, 0) is 48.5 Å². The fourth-order valence-corrected chi connectivity index (χ4v) is 5.25. The van der Waals surface area contributed by atoms with Crippen LogP contribution in [0.4, 0.5) is 10.1 Å². The van der Waals surface area contributed by atoms with Gasteiger partial charge in [-0.3, -0.25) is 9.59 Å². The molecule has 0 spiro atoms. The van der Waals surface area contributed by atoms with Crippen molar-refractivity contribution in [3.8, 4) is 17.3 Å². The molecule has 0 radical (unpaired) electrons. The third-order valence-corrected chi connectivity index (χ3v) is 7.31. The number of fused-ring (bicyclic) bond motifs is 3. The molecule has 7 rings (SSSR count). The van der Waals surface area contributed by atoms with Crippen molar-refractivity contribution in [1.29, 1.82) is 0 Å². The van der Waals surface area contributed by atoms with Crippen molar-refractivity contribution in [2.24, 2.45) is 5.10 Å². The summed E-state index contributed by atoms with van der Waals surface area (Å²) in [6.07, 6.45) is 3.32. The third-order valence-electron chi connectivity index (χ3n) is 7.31. The molecule has 0 atom stereocenters. The largest absolute Gasteiger partial charge is 0.496 e. The highest BCUT2D eigenvalue weighted by atomic mass is 19.1. The van der Waals surface area contributed by atoms with Crippen LogP contribution in [0.3, 0.4) is 0 Å². The van der Waals surface area contributed by atoms with Gasteiger partial charge in [-0.1, -0.05) is 48.5 Å². The Morgan fingerprint density at radius 3 is 2.59 bits per heavy atom. The number of halogens is 1. The van der Waals surface area contributed by atoms with E-state index in [0.717, 1.165) is 16.3 Å². The highest BCUT2D eigenvalue weighted by molar-refractivity contribution is 6.00. The third kappa shape index (κ3) is 4.78. The lowest BCUT2D eigenvalue weighted by atomic mass is 10.2. The Bertz CT molecular complexity index is 2300. The minimum atomic E-state index is -0.515. The number of methoxy groups -OCH3 is 1. The summed E-state index contributed by atoms with van der Waals surface area (Å²) in [5, 5.41) is 9.16. The Kier molecular flexibility index (Phi) is 6.71. The van der Waals surface area contributed by atoms with E-state index in [0.29, 0.717) is 33.6 Å². The van der Waals surface area contributed by atoms with Crippen LogP contribution >= 0.6 is 0 Å². The number of anilines is 1. The normalized spacial score (nSPS) is 11.6. The lowest BCUT2D eigenvalue weighted by Gasteiger charge is -2.08. The predicted molar refractivity (Wildman–Crippen MR) is 168 cm³/mol. The summed E-state index contributed by atoms with van der Waals surface area (Å²) in [7, 11) is 1.58. The molecule has 9 nitrogen and oxygen atoms in total. The molecule has 0 aliphatic carbocycles. The summed E-state index contributed by atoms with van der Waals surface area (Å²) in [5.41, 5.74) is 2.25. The Morgan fingerprint density at radius 2 is 1.75 bits per heavy atom. The standard InChI is InChI=1S/C34H24FN5O4/c1-43-29-15-8-16-30-24(29)17-31(44-30)33-38-26-12-5-2-10-23(26)34(42)40(33)36-18-21-19-39(28-14-7-3-9-22(21)28)20-32(41)37-27-13-6-4-11-25(27)35/h2-19H,20H2,1H3,(H,37,41). The van der Waals surface area contributed by atoms with Gasteiger partial charge in [0.15, 0.2) is 5.76 Å². The highest BCUT2D eigenvalue weighted by Crippen LogP contribution is 2.33. The van der Waals surface area contributed by atoms with Crippen LogP contribution < -0.4 is 15.6 Å². The van der Waals surface area contributed by atoms with Crippen LogP contribution in [0.15, 0.2) is 118 Å². The minimum Gasteiger partial charge on any atom is -0.496 e. The van der Waals surface area contributed by atoms with E-state index in [4.69, 9.17) is 14.1 Å². The molecule has 7 aromatic rings. The Labute approximate surface area is 249 Å². The smallest absolute Gasteiger partial charge is 0.282 e. The number of rotatable bonds is 7. The number of amides is 1. The summed E-state index contributed by atoms with van der Waals surface area (Å²) >= 11 is 0. The molecule has 0 saturated carbocycles. The number of nitrogens with one attached hydrogen (secondary N) is 1. The first-order chi connectivity index (χ1) is 21.5. The van der Waals surface area contributed by atoms with Crippen LogP contribution in [0.25, 0.3) is 44.4 Å². The molecule has 4 aromatic carbocycles. The number of benzene rings is 4. The van der Waals surface area contributed by atoms with Crippen molar-refractivity contribution in [1.82, 2.24) is 14.2 Å². The fourth-order valence-electron chi connectivity index (χ4n) is 5.25. The van der Waals surface area contributed by atoms with E-state index in [9.17, 15) is 14.0 Å². The van der Waals surface area contributed by atoms with E-state index in [1.54, 1.807) is 60.5 Å². The van der Waals surface area contributed by atoms with E-state index in [1.165, 1.54) is 16.8 Å². The van der Waals surface area contributed by atoms with E-state index < -0.39 is 11.7 Å². The summed E-state index contributed by atoms with van der Waals surface area (Å²) in [4.78, 5) is 31.4. The van der Waals surface area contributed by atoms with E-state index >= 15 is 0 Å². The maximum atomic E-state index is 14.1. The molecule has 0 bridgehead atoms. The monoisotopic (exact) mass is 585 g/mol. The number of ether oxygens (including phenoxy) is 1. The van der Waals surface area contributed by atoms with Crippen LogP contribution in [0.5, 0.6) is 5.75 Å². The lowest BCUT2D eigenvalue weighted by Crippen LogP contribution is -2.20. The average Bonchev–Trinajstić information content (AvgIpc) is 3.63. The summed E-state index contributed by atoms with van der Waals surface area (Å²) in [6.45, 7) is -0.0633. The van der Waals surface area contributed by atoms with Crippen LogP contribution in [0.1, 0.15) is 5.56 Å². The molecule has 1 N–H and O–H groups in total. The topological polar surface area (TPSA) is 104 Å². The zero-order chi connectivity index (χ0) is 30.2. The number of carbonyl (C=O) groups excluding carboxylic acids is 1.